The van der Waals surface area contributed by atoms with E-state index < -0.39 is 5.54 Å². The van der Waals surface area contributed by atoms with E-state index in [0.717, 1.165) is 25.9 Å². The van der Waals surface area contributed by atoms with E-state index in [2.05, 4.69) is 36.4 Å². The molecule has 0 aromatic carbocycles. The van der Waals surface area contributed by atoms with Crippen LogP contribution in [0.3, 0.4) is 0 Å². The monoisotopic (exact) mass is 243 g/mol. The molecule has 0 unspecified atom stereocenters. The van der Waals surface area contributed by atoms with Gasteiger partial charge in [0.2, 0.25) is 5.91 Å². The average molecular weight is 243 g/mol. The lowest BCUT2D eigenvalue weighted by molar-refractivity contribution is -0.126. The van der Waals surface area contributed by atoms with Crippen LogP contribution in [0.25, 0.3) is 0 Å². The first-order valence-electron chi connectivity index (χ1n) is 6.48. The van der Waals surface area contributed by atoms with Gasteiger partial charge in [0.1, 0.15) is 0 Å². The van der Waals surface area contributed by atoms with Crippen molar-refractivity contribution in [3.63, 3.8) is 0 Å². The first-order chi connectivity index (χ1) is 7.81. The normalized spacial score (nSPS) is 12.2. The summed E-state index contributed by atoms with van der Waals surface area (Å²) in [5.74, 6) is 0.0669. The van der Waals surface area contributed by atoms with Crippen molar-refractivity contribution in [3.8, 4) is 0 Å². The van der Waals surface area contributed by atoms with Crippen LogP contribution >= 0.6 is 0 Å². The molecule has 0 aromatic rings. The molecule has 4 nitrogen and oxygen atoms in total. The van der Waals surface area contributed by atoms with Crippen LogP contribution in [0.2, 0.25) is 0 Å². The van der Waals surface area contributed by atoms with Gasteiger partial charge in [-0.1, -0.05) is 0 Å². The highest BCUT2D eigenvalue weighted by Gasteiger charge is 2.24. The highest BCUT2D eigenvalue weighted by molar-refractivity contribution is 5.85. The van der Waals surface area contributed by atoms with E-state index >= 15 is 0 Å². The molecular weight excluding hydrogens is 214 g/mol. The Morgan fingerprint density at radius 1 is 1.29 bits per heavy atom. The molecule has 2 N–H and O–H groups in total. The summed E-state index contributed by atoms with van der Waals surface area (Å²) in [6, 6.07) is 0.591. The van der Waals surface area contributed by atoms with Crippen LogP contribution in [0.15, 0.2) is 0 Å². The van der Waals surface area contributed by atoms with Gasteiger partial charge in [-0.15, -0.1) is 0 Å². The SMILES string of the molecule is CNC(C)(C)C(=O)NCCCCN(C)C(C)C. The zero-order valence-electron chi connectivity index (χ0n) is 12.3. The smallest absolute Gasteiger partial charge is 0.239 e. The van der Waals surface area contributed by atoms with Crippen LogP contribution < -0.4 is 10.6 Å². The number of amides is 1. The van der Waals surface area contributed by atoms with Crippen molar-refractivity contribution in [1.29, 1.82) is 0 Å². The fourth-order valence-electron chi connectivity index (χ4n) is 1.28. The predicted molar refractivity (Wildman–Crippen MR) is 73.1 cm³/mol. The Labute approximate surface area is 106 Å². The summed E-state index contributed by atoms with van der Waals surface area (Å²) in [5, 5.41) is 5.95. The first-order valence-corrected chi connectivity index (χ1v) is 6.48. The molecule has 0 bridgehead atoms. The van der Waals surface area contributed by atoms with Crippen molar-refractivity contribution in [2.75, 3.05) is 27.2 Å². The molecule has 0 heterocycles. The summed E-state index contributed by atoms with van der Waals surface area (Å²) < 4.78 is 0. The Bertz CT molecular complexity index is 227. The molecule has 1 amide bonds. The Morgan fingerprint density at radius 2 is 1.88 bits per heavy atom. The average Bonchev–Trinajstić information content (AvgIpc) is 2.27. The molecule has 0 atom stereocenters. The molecule has 0 saturated carbocycles. The van der Waals surface area contributed by atoms with Crippen LogP contribution in [0, 0.1) is 0 Å². The highest BCUT2D eigenvalue weighted by atomic mass is 16.2. The maximum atomic E-state index is 11.7. The zero-order chi connectivity index (χ0) is 13.5. The summed E-state index contributed by atoms with van der Waals surface area (Å²) in [6.45, 7) is 10.00. The summed E-state index contributed by atoms with van der Waals surface area (Å²) >= 11 is 0. The van der Waals surface area contributed by atoms with E-state index in [-0.39, 0.29) is 5.91 Å². The fourth-order valence-corrected chi connectivity index (χ4v) is 1.28. The van der Waals surface area contributed by atoms with E-state index in [4.69, 9.17) is 0 Å². The van der Waals surface area contributed by atoms with E-state index in [9.17, 15) is 4.79 Å². The molecule has 4 heteroatoms. The third-order valence-electron chi connectivity index (χ3n) is 3.30. The van der Waals surface area contributed by atoms with Crippen LogP contribution in [0.5, 0.6) is 0 Å². The van der Waals surface area contributed by atoms with E-state index in [1.54, 1.807) is 7.05 Å². The van der Waals surface area contributed by atoms with Crippen LogP contribution in [-0.2, 0) is 4.79 Å². The van der Waals surface area contributed by atoms with Gasteiger partial charge in [0.25, 0.3) is 0 Å². The van der Waals surface area contributed by atoms with Crippen LogP contribution in [-0.4, -0.2) is 49.6 Å². The maximum Gasteiger partial charge on any atom is 0.239 e. The van der Waals surface area contributed by atoms with E-state index in [0.29, 0.717) is 6.04 Å². The molecule has 0 fully saturated rings. The van der Waals surface area contributed by atoms with Gasteiger partial charge < -0.3 is 15.5 Å². The molecule has 0 rings (SSSR count). The van der Waals surface area contributed by atoms with E-state index in [1.807, 2.05) is 13.8 Å². The van der Waals surface area contributed by atoms with Crippen molar-refractivity contribution >= 4 is 5.91 Å². The Hall–Kier alpha value is -0.610. The van der Waals surface area contributed by atoms with Crippen molar-refractivity contribution in [2.24, 2.45) is 0 Å². The minimum absolute atomic E-state index is 0.0669. The van der Waals surface area contributed by atoms with Crippen molar-refractivity contribution < 1.29 is 4.79 Å². The lowest BCUT2D eigenvalue weighted by Crippen LogP contribution is -2.51. The largest absolute Gasteiger partial charge is 0.355 e. The lowest BCUT2D eigenvalue weighted by atomic mass is 10.1. The molecule has 0 aliphatic carbocycles. The number of nitrogens with one attached hydrogen (secondary N) is 2. The van der Waals surface area contributed by atoms with Crippen LogP contribution in [0.1, 0.15) is 40.5 Å². The molecular formula is C13H29N3O. The molecule has 0 aliphatic heterocycles. The molecule has 0 aliphatic rings. The fraction of sp³-hybridized carbons (Fsp3) is 0.923. The number of carbonyl (C=O) groups excluding carboxylic acids is 1. The van der Waals surface area contributed by atoms with Gasteiger partial charge in [0.05, 0.1) is 5.54 Å². The summed E-state index contributed by atoms with van der Waals surface area (Å²) in [7, 11) is 3.94. The van der Waals surface area contributed by atoms with Crippen molar-refractivity contribution in [3.05, 3.63) is 0 Å². The van der Waals surface area contributed by atoms with Crippen LogP contribution in [0.4, 0.5) is 0 Å². The van der Waals surface area contributed by atoms with Gasteiger partial charge in [-0.3, -0.25) is 4.79 Å². The number of likely N-dealkylation sites (N-methyl/N-ethyl adjacent to an activating group) is 1. The standard InChI is InChI=1S/C13H29N3O/c1-11(2)16(6)10-8-7-9-15-12(17)13(3,4)14-5/h11,14H,7-10H2,1-6H3,(H,15,17). The Balaban J connectivity index is 3.62. The minimum Gasteiger partial charge on any atom is -0.355 e. The molecule has 17 heavy (non-hydrogen) atoms. The summed E-state index contributed by atoms with van der Waals surface area (Å²) in [6.07, 6.45) is 2.15. The number of carbonyl (C=O) groups is 1. The topological polar surface area (TPSA) is 44.4 Å². The van der Waals surface area contributed by atoms with Gasteiger partial charge in [0.15, 0.2) is 0 Å². The predicted octanol–water partition coefficient (Wildman–Crippen LogP) is 1.22. The second-order valence-corrected chi connectivity index (χ2v) is 5.41. The highest BCUT2D eigenvalue weighted by Crippen LogP contribution is 2.01. The molecule has 0 radical (unpaired) electrons. The maximum absolute atomic E-state index is 11.7. The number of nitrogens with zero attached hydrogens (tertiary/aromatic N) is 1. The van der Waals surface area contributed by atoms with E-state index in [1.165, 1.54) is 0 Å². The third-order valence-corrected chi connectivity index (χ3v) is 3.30. The Kier molecular flexibility index (Phi) is 7.39. The molecule has 0 saturated heterocycles. The number of rotatable bonds is 8. The second kappa shape index (κ2) is 7.67. The zero-order valence-corrected chi connectivity index (χ0v) is 12.3. The molecule has 102 valence electrons. The summed E-state index contributed by atoms with van der Waals surface area (Å²) in [5.41, 5.74) is -0.477. The molecule has 0 spiro atoms. The third kappa shape index (κ3) is 6.64. The van der Waals surface area contributed by atoms with Gasteiger partial charge in [-0.25, -0.2) is 0 Å². The van der Waals surface area contributed by atoms with Crippen molar-refractivity contribution in [2.45, 2.75) is 52.1 Å². The van der Waals surface area contributed by atoms with Gasteiger partial charge in [-0.05, 0) is 61.2 Å². The Morgan fingerprint density at radius 3 is 2.35 bits per heavy atom. The number of unbranched alkanes of at least 4 members (excludes halogenated alkanes) is 1. The second-order valence-electron chi connectivity index (χ2n) is 5.41. The lowest BCUT2D eigenvalue weighted by Gasteiger charge is -2.23. The minimum atomic E-state index is -0.477. The van der Waals surface area contributed by atoms with Gasteiger partial charge in [-0.2, -0.15) is 0 Å². The van der Waals surface area contributed by atoms with Gasteiger partial charge in [0, 0.05) is 12.6 Å². The number of hydrogen-bond donors (Lipinski definition) is 2. The summed E-state index contributed by atoms with van der Waals surface area (Å²) in [4.78, 5) is 14.0. The molecule has 0 aromatic heterocycles. The quantitative estimate of drug-likeness (QED) is 0.630. The van der Waals surface area contributed by atoms with Gasteiger partial charge >= 0.3 is 0 Å². The first kappa shape index (κ1) is 16.4. The number of hydrogen-bond acceptors (Lipinski definition) is 3. The van der Waals surface area contributed by atoms with Crippen molar-refractivity contribution in [1.82, 2.24) is 15.5 Å².